The maximum absolute atomic E-state index is 11.9. The van der Waals surface area contributed by atoms with Crippen molar-refractivity contribution in [3.8, 4) is 44.5 Å². The number of H-pyrrole nitrogens is 2. The molecule has 8 bridgehead atoms. The van der Waals surface area contributed by atoms with Crippen molar-refractivity contribution in [2.24, 2.45) is 0 Å². The summed E-state index contributed by atoms with van der Waals surface area (Å²) in [5.41, 5.74) is 12.0. The first kappa shape index (κ1) is 31.4. The standard InChI is InChI=1S/C45H34N4O3/c1-52-36-26-35-37(27-14-6-2-7-15-27)31-22-23-33(46-31)39(29-18-10-4-11-19-29)42-44(50)45(51)43(49-42)40(30-20-12-5-13-21-30)34-25-24-32(47-34)38(41(36)48-35)28-16-8-3-9-17-28/h2-26,44-47,50-51H,1H3/t44-,45+/m0/s1. The fraction of sp³-hybridized carbons (Fsp3) is 0.0667. The van der Waals surface area contributed by atoms with Gasteiger partial charge in [0.1, 0.15) is 23.7 Å². The van der Waals surface area contributed by atoms with Crippen LogP contribution in [0.2, 0.25) is 0 Å². The zero-order valence-corrected chi connectivity index (χ0v) is 28.3. The van der Waals surface area contributed by atoms with Gasteiger partial charge in [-0.15, -0.1) is 0 Å². The number of rotatable bonds is 5. The van der Waals surface area contributed by atoms with Crippen LogP contribution in [0.5, 0.6) is 0 Å². The highest BCUT2D eigenvalue weighted by atomic mass is 16.5. The highest BCUT2D eigenvalue weighted by Crippen LogP contribution is 2.44. The molecule has 4 aromatic carbocycles. The van der Waals surface area contributed by atoms with Crippen LogP contribution in [0.25, 0.3) is 78.4 Å². The molecule has 252 valence electrons. The van der Waals surface area contributed by atoms with Crippen molar-refractivity contribution in [1.82, 2.24) is 19.9 Å². The van der Waals surface area contributed by atoms with Gasteiger partial charge in [-0.05, 0) is 46.5 Å². The van der Waals surface area contributed by atoms with E-state index in [-0.39, 0.29) is 0 Å². The fourth-order valence-electron chi connectivity index (χ4n) is 7.37. The van der Waals surface area contributed by atoms with Crippen LogP contribution in [0.15, 0.2) is 146 Å². The quantitative estimate of drug-likeness (QED) is 0.145. The molecule has 7 nitrogen and oxygen atoms in total. The predicted molar refractivity (Wildman–Crippen MR) is 208 cm³/mol. The van der Waals surface area contributed by atoms with E-state index in [4.69, 9.17) is 14.7 Å². The van der Waals surface area contributed by atoms with Crippen molar-refractivity contribution < 1.29 is 14.9 Å². The molecule has 9 rings (SSSR count). The molecule has 0 spiro atoms. The Kier molecular flexibility index (Phi) is 7.84. The topological polar surface area (TPSA) is 107 Å². The molecular weight excluding hydrogens is 645 g/mol. The number of aromatic amines is 2. The van der Waals surface area contributed by atoms with Gasteiger partial charge in [0.2, 0.25) is 0 Å². The lowest BCUT2D eigenvalue weighted by atomic mass is 9.97. The van der Waals surface area contributed by atoms with Gasteiger partial charge < -0.3 is 24.9 Å². The number of ether oxygens (including phenoxy) is 1. The number of methoxy groups -OCH3 is 1. The lowest BCUT2D eigenvalue weighted by molar-refractivity contribution is 0.0260. The number of hydrogen-bond acceptors (Lipinski definition) is 5. The number of fused-ring (bicyclic) bond motifs is 8. The summed E-state index contributed by atoms with van der Waals surface area (Å²) >= 11 is 0. The minimum Gasteiger partial charge on any atom is -0.494 e. The van der Waals surface area contributed by atoms with Crippen LogP contribution < -0.4 is 0 Å². The monoisotopic (exact) mass is 678 g/mol. The van der Waals surface area contributed by atoms with Crippen LogP contribution in [0.3, 0.4) is 0 Å². The normalized spacial score (nSPS) is 15.3. The van der Waals surface area contributed by atoms with Gasteiger partial charge in [0.25, 0.3) is 0 Å². The Morgan fingerprint density at radius 2 is 0.827 bits per heavy atom. The van der Waals surface area contributed by atoms with Crippen molar-refractivity contribution in [1.29, 1.82) is 0 Å². The molecule has 2 aliphatic heterocycles. The second kappa shape index (κ2) is 13.0. The minimum absolute atomic E-state index is 0.374. The van der Waals surface area contributed by atoms with E-state index in [1.807, 2.05) is 127 Å². The molecule has 0 saturated carbocycles. The molecule has 7 aromatic rings. The van der Waals surface area contributed by atoms with Crippen LogP contribution in [0.1, 0.15) is 35.0 Å². The van der Waals surface area contributed by atoms with Crippen molar-refractivity contribution in [2.45, 2.75) is 12.2 Å². The maximum atomic E-state index is 11.9. The molecule has 5 heterocycles. The fourth-order valence-corrected chi connectivity index (χ4v) is 7.37. The van der Waals surface area contributed by atoms with Gasteiger partial charge in [0.05, 0.1) is 24.2 Å². The lowest BCUT2D eigenvalue weighted by Crippen LogP contribution is -2.05. The van der Waals surface area contributed by atoms with E-state index in [9.17, 15) is 10.2 Å². The summed E-state index contributed by atoms with van der Waals surface area (Å²) in [5.74, 6) is 0.635. The first-order valence-corrected chi connectivity index (χ1v) is 17.2. The molecule has 0 fully saturated rings. The summed E-state index contributed by atoms with van der Waals surface area (Å²) in [5, 5.41) is 23.8. The molecule has 2 atom stereocenters. The molecular formula is C45H34N4O3. The van der Waals surface area contributed by atoms with Gasteiger partial charge in [-0.3, -0.25) is 4.98 Å². The third kappa shape index (κ3) is 5.31. The van der Waals surface area contributed by atoms with Crippen molar-refractivity contribution in [3.05, 3.63) is 168 Å². The number of aliphatic hydroxyl groups is 2. The zero-order valence-electron chi connectivity index (χ0n) is 28.3. The number of aliphatic hydroxyl groups excluding tert-OH is 2. The minimum atomic E-state index is -1.29. The largest absolute Gasteiger partial charge is 0.494 e. The average Bonchev–Trinajstić information content (AvgIpc) is 4.01. The Bertz CT molecular complexity index is 2630. The number of benzene rings is 4. The van der Waals surface area contributed by atoms with E-state index in [1.165, 1.54) is 0 Å². The molecule has 0 unspecified atom stereocenters. The smallest absolute Gasteiger partial charge is 0.147 e. The van der Waals surface area contributed by atoms with Crippen LogP contribution in [0, 0.1) is 0 Å². The SMILES string of the molecule is COC1=Cc2nc1c(-c1ccccc1)c1ccc([nH]1)c(-c1ccccc1)c1nc(c(-c3ccccc3)c3ccc([nH]3)c2-c2ccccc2)[C@H](O)[C@@H]1O. The first-order chi connectivity index (χ1) is 25.6. The van der Waals surface area contributed by atoms with Crippen LogP contribution >= 0.6 is 0 Å². The zero-order chi connectivity index (χ0) is 35.2. The molecule has 7 heteroatoms. The Balaban J connectivity index is 1.53. The van der Waals surface area contributed by atoms with Crippen molar-refractivity contribution >= 4 is 33.9 Å². The summed E-state index contributed by atoms with van der Waals surface area (Å²) in [6.45, 7) is 0. The number of nitrogens with zero attached hydrogens (tertiary/aromatic N) is 2. The van der Waals surface area contributed by atoms with E-state index in [1.54, 1.807) is 7.11 Å². The number of nitrogens with one attached hydrogen (secondary N) is 2. The number of aromatic nitrogens is 4. The molecule has 52 heavy (non-hydrogen) atoms. The van der Waals surface area contributed by atoms with Crippen LogP contribution in [-0.2, 0) is 4.74 Å². The Hall–Kier alpha value is -6.54. The van der Waals surface area contributed by atoms with Gasteiger partial charge >= 0.3 is 0 Å². The van der Waals surface area contributed by atoms with Gasteiger partial charge in [-0.25, -0.2) is 4.98 Å². The Morgan fingerprint density at radius 1 is 0.462 bits per heavy atom. The number of hydrogen-bond donors (Lipinski definition) is 4. The third-order valence-electron chi connectivity index (χ3n) is 9.76. The second-order valence-electron chi connectivity index (χ2n) is 12.9. The van der Waals surface area contributed by atoms with Crippen LogP contribution in [-0.4, -0.2) is 37.3 Å². The molecule has 2 aliphatic rings. The summed E-state index contributed by atoms with van der Waals surface area (Å²) in [4.78, 5) is 17.8. The molecule has 3 aromatic heterocycles. The molecule has 4 N–H and O–H groups in total. The third-order valence-corrected chi connectivity index (χ3v) is 9.76. The Labute approximate surface area is 300 Å². The summed E-state index contributed by atoms with van der Waals surface area (Å²) in [6, 6.07) is 48.0. The average molecular weight is 679 g/mol. The van der Waals surface area contributed by atoms with Gasteiger partial charge in [-0.1, -0.05) is 121 Å². The maximum Gasteiger partial charge on any atom is 0.147 e. The van der Waals surface area contributed by atoms with Gasteiger partial charge in [0.15, 0.2) is 0 Å². The van der Waals surface area contributed by atoms with Crippen molar-refractivity contribution in [2.75, 3.05) is 7.11 Å². The molecule has 0 amide bonds. The molecule has 0 aliphatic carbocycles. The van der Waals surface area contributed by atoms with E-state index < -0.39 is 12.2 Å². The van der Waals surface area contributed by atoms with Gasteiger partial charge in [0, 0.05) is 50.4 Å². The first-order valence-electron chi connectivity index (χ1n) is 17.2. The van der Waals surface area contributed by atoms with Crippen molar-refractivity contribution in [3.63, 3.8) is 0 Å². The van der Waals surface area contributed by atoms with E-state index >= 15 is 0 Å². The molecule has 0 saturated heterocycles. The van der Waals surface area contributed by atoms with E-state index in [0.29, 0.717) is 34.0 Å². The molecule has 0 radical (unpaired) electrons. The highest BCUT2D eigenvalue weighted by molar-refractivity contribution is 5.99. The summed E-state index contributed by atoms with van der Waals surface area (Å²) in [6.07, 6.45) is -0.578. The lowest BCUT2D eigenvalue weighted by Gasteiger charge is -2.13. The Morgan fingerprint density at radius 3 is 1.25 bits per heavy atom. The predicted octanol–water partition coefficient (Wildman–Crippen LogP) is 9.89. The van der Waals surface area contributed by atoms with Crippen LogP contribution in [0.4, 0.5) is 0 Å². The van der Waals surface area contributed by atoms with Gasteiger partial charge in [-0.2, -0.15) is 0 Å². The van der Waals surface area contributed by atoms with E-state index in [2.05, 4.69) is 34.2 Å². The van der Waals surface area contributed by atoms with E-state index in [0.717, 1.165) is 61.1 Å². The summed E-state index contributed by atoms with van der Waals surface area (Å²) in [7, 11) is 1.67. The summed E-state index contributed by atoms with van der Waals surface area (Å²) < 4.78 is 6.08. The highest BCUT2D eigenvalue weighted by Gasteiger charge is 2.34. The second-order valence-corrected chi connectivity index (χ2v) is 12.9.